The van der Waals surface area contributed by atoms with Crippen molar-refractivity contribution in [3.8, 4) is 0 Å². The number of nitrogens with zero attached hydrogens (tertiary/aromatic N) is 2. The summed E-state index contributed by atoms with van der Waals surface area (Å²) in [7, 11) is 0. The number of carbonyl (C=O) groups is 2. The van der Waals surface area contributed by atoms with Crippen molar-refractivity contribution in [1.82, 2.24) is 10.2 Å². The van der Waals surface area contributed by atoms with Gasteiger partial charge in [0.2, 0.25) is 0 Å². The minimum atomic E-state index is -1.08. The maximum absolute atomic E-state index is 12.1. The summed E-state index contributed by atoms with van der Waals surface area (Å²) in [5, 5.41) is 15.1. The van der Waals surface area contributed by atoms with Gasteiger partial charge in [0.05, 0.1) is 0 Å². The van der Waals surface area contributed by atoms with Crippen LogP contribution in [-0.4, -0.2) is 33.7 Å². The quantitative estimate of drug-likeness (QED) is 0.845. The number of rotatable bonds is 4. The standard InChI is InChI=1S/C12H11N3O3/c16-11(17)8-15(9-4-2-1-3-5-9)12(18)10-6-7-13-14-10/h1-7H,8H2,(H,13,14)(H,16,17). The van der Waals surface area contributed by atoms with E-state index >= 15 is 0 Å². The lowest BCUT2D eigenvalue weighted by Gasteiger charge is -2.19. The first-order chi connectivity index (χ1) is 8.68. The Kier molecular flexibility index (Phi) is 3.38. The minimum absolute atomic E-state index is 0.250. The van der Waals surface area contributed by atoms with Gasteiger partial charge in [-0.05, 0) is 18.2 Å². The van der Waals surface area contributed by atoms with Crippen LogP contribution in [0, 0.1) is 0 Å². The van der Waals surface area contributed by atoms with Crippen LogP contribution in [0.25, 0.3) is 0 Å². The molecule has 6 heteroatoms. The van der Waals surface area contributed by atoms with E-state index in [9.17, 15) is 9.59 Å². The molecule has 1 amide bonds. The van der Waals surface area contributed by atoms with Crippen LogP contribution in [0.2, 0.25) is 0 Å². The van der Waals surface area contributed by atoms with Gasteiger partial charge in [-0.25, -0.2) is 0 Å². The monoisotopic (exact) mass is 245 g/mol. The van der Waals surface area contributed by atoms with Crippen LogP contribution in [0.15, 0.2) is 42.6 Å². The molecule has 0 aliphatic rings. The highest BCUT2D eigenvalue weighted by molar-refractivity contribution is 6.06. The van der Waals surface area contributed by atoms with Gasteiger partial charge < -0.3 is 5.11 Å². The Morgan fingerprint density at radius 1 is 1.22 bits per heavy atom. The largest absolute Gasteiger partial charge is 0.480 e. The lowest BCUT2D eigenvalue weighted by Crippen LogP contribution is -2.35. The second kappa shape index (κ2) is 5.13. The Hall–Kier alpha value is -2.63. The first-order valence-corrected chi connectivity index (χ1v) is 5.26. The van der Waals surface area contributed by atoms with Crippen molar-refractivity contribution in [2.45, 2.75) is 0 Å². The van der Waals surface area contributed by atoms with Gasteiger partial charge in [-0.15, -0.1) is 0 Å². The first-order valence-electron chi connectivity index (χ1n) is 5.26. The van der Waals surface area contributed by atoms with Crippen LogP contribution in [0.3, 0.4) is 0 Å². The van der Waals surface area contributed by atoms with E-state index in [2.05, 4.69) is 10.2 Å². The van der Waals surface area contributed by atoms with Gasteiger partial charge in [0, 0.05) is 11.9 Å². The molecule has 0 radical (unpaired) electrons. The van der Waals surface area contributed by atoms with Crippen molar-refractivity contribution in [1.29, 1.82) is 0 Å². The number of aromatic amines is 1. The van der Waals surface area contributed by atoms with E-state index in [4.69, 9.17) is 5.11 Å². The number of nitrogens with one attached hydrogen (secondary N) is 1. The molecule has 0 aliphatic carbocycles. The lowest BCUT2D eigenvalue weighted by atomic mass is 10.2. The van der Waals surface area contributed by atoms with E-state index in [-0.39, 0.29) is 5.69 Å². The summed E-state index contributed by atoms with van der Waals surface area (Å²) in [4.78, 5) is 24.1. The molecule has 2 rings (SSSR count). The highest BCUT2D eigenvalue weighted by Gasteiger charge is 2.20. The molecule has 1 aromatic heterocycles. The predicted octanol–water partition coefficient (Wildman–Crippen LogP) is 1.14. The first kappa shape index (κ1) is 11.8. The summed E-state index contributed by atoms with van der Waals surface area (Å²) in [6, 6.07) is 10.1. The number of para-hydroxylation sites is 1. The zero-order valence-corrected chi connectivity index (χ0v) is 9.41. The summed E-state index contributed by atoms with van der Waals surface area (Å²) >= 11 is 0. The van der Waals surface area contributed by atoms with Crippen molar-refractivity contribution >= 4 is 17.6 Å². The molecule has 18 heavy (non-hydrogen) atoms. The third kappa shape index (κ3) is 2.54. The molecular weight excluding hydrogens is 234 g/mol. The Labute approximate surface area is 103 Å². The topological polar surface area (TPSA) is 86.3 Å². The summed E-state index contributed by atoms with van der Waals surface area (Å²) in [6.45, 7) is -0.401. The van der Waals surface area contributed by atoms with Crippen LogP contribution in [0.4, 0.5) is 5.69 Å². The van der Waals surface area contributed by atoms with Crippen LogP contribution in [0.1, 0.15) is 10.5 Å². The number of benzene rings is 1. The van der Waals surface area contributed by atoms with Crippen molar-refractivity contribution in [2.24, 2.45) is 0 Å². The Bertz CT molecular complexity index is 537. The van der Waals surface area contributed by atoms with Crippen LogP contribution < -0.4 is 4.90 Å². The van der Waals surface area contributed by atoms with Gasteiger partial charge in [-0.3, -0.25) is 19.6 Å². The van der Waals surface area contributed by atoms with Gasteiger partial charge in [0.1, 0.15) is 12.2 Å². The molecule has 0 fully saturated rings. The molecule has 0 unspecified atom stereocenters. The molecule has 1 aromatic carbocycles. The molecule has 0 atom stereocenters. The van der Waals surface area contributed by atoms with E-state index in [0.717, 1.165) is 0 Å². The molecule has 6 nitrogen and oxygen atoms in total. The van der Waals surface area contributed by atoms with Crippen molar-refractivity contribution < 1.29 is 14.7 Å². The second-order valence-electron chi connectivity index (χ2n) is 3.59. The summed E-state index contributed by atoms with van der Waals surface area (Å²) in [6.07, 6.45) is 1.44. The Morgan fingerprint density at radius 3 is 2.50 bits per heavy atom. The van der Waals surface area contributed by atoms with Crippen molar-refractivity contribution in [3.05, 3.63) is 48.3 Å². The number of hydrogen-bond acceptors (Lipinski definition) is 3. The molecule has 2 aromatic rings. The number of amides is 1. The van der Waals surface area contributed by atoms with Gasteiger partial charge >= 0.3 is 5.97 Å². The number of carboxylic acid groups (broad SMARTS) is 1. The Morgan fingerprint density at radius 2 is 1.94 bits per heavy atom. The summed E-state index contributed by atoms with van der Waals surface area (Å²) in [5.74, 6) is -1.51. The average molecular weight is 245 g/mol. The molecule has 92 valence electrons. The van der Waals surface area contributed by atoms with Crippen LogP contribution in [-0.2, 0) is 4.79 Å². The average Bonchev–Trinajstić information content (AvgIpc) is 2.90. The van der Waals surface area contributed by atoms with Gasteiger partial charge in [0.15, 0.2) is 0 Å². The highest BCUT2D eigenvalue weighted by atomic mass is 16.4. The number of carboxylic acids is 1. The maximum Gasteiger partial charge on any atom is 0.323 e. The fraction of sp³-hybridized carbons (Fsp3) is 0.0833. The normalized spacial score (nSPS) is 10.0. The van der Waals surface area contributed by atoms with Gasteiger partial charge in [-0.2, -0.15) is 5.10 Å². The zero-order chi connectivity index (χ0) is 13.0. The molecule has 1 heterocycles. The van der Waals surface area contributed by atoms with Crippen molar-refractivity contribution in [3.63, 3.8) is 0 Å². The number of H-pyrrole nitrogens is 1. The molecule has 0 aliphatic heterocycles. The molecule has 0 bridgehead atoms. The van der Waals surface area contributed by atoms with Gasteiger partial charge in [0.25, 0.3) is 5.91 Å². The van der Waals surface area contributed by atoms with Crippen molar-refractivity contribution in [2.75, 3.05) is 11.4 Å². The maximum atomic E-state index is 12.1. The predicted molar refractivity (Wildman–Crippen MR) is 64.3 cm³/mol. The molecular formula is C12H11N3O3. The van der Waals surface area contributed by atoms with E-state index in [1.165, 1.54) is 17.2 Å². The van der Waals surface area contributed by atoms with Crippen LogP contribution in [0.5, 0.6) is 0 Å². The minimum Gasteiger partial charge on any atom is -0.480 e. The third-order valence-electron chi connectivity index (χ3n) is 2.34. The SMILES string of the molecule is O=C(O)CN(C(=O)c1ccn[nH]1)c1ccccc1. The number of carbonyl (C=O) groups excluding carboxylic acids is 1. The summed E-state index contributed by atoms with van der Waals surface area (Å²) in [5.41, 5.74) is 0.777. The third-order valence-corrected chi connectivity index (χ3v) is 2.34. The zero-order valence-electron chi connectivity index (χ0n) is 9.41. The van der Waals surface area contributed by atoms with Crippen LogP contribution >= 0.6 is 0 Å². The van der Waals surface area contributed by atoms with E-state index < -0.39 is 18.4 Å². The van der Waals surface area contributed by atoms with E-state index in [1.807, 2.05) is 0 Å². The van der Waals surface area contributed by atoms with E-state index in [0.29, 0.717) is 5.69 Å². The molecule has 0 saturated carbocycles. The fourth-order valence-corrected chi connectivity index (χ4v) is 1.54. The fourth-order valence-electron chi connectivity index (χ4n) is 1.54. The smallest absolute Gasteiger partial charge is 0.323 e. The lowest BCUT2D eigenvalue weighted by molar-refractivity contribution is -0.135. The molecule has 0 spiro atoms. The second-order valence-corrected chi connectivity index (χ2v) is 3.59. The number of aliphatic carboxylic acids is 1. The molecule has 0 saturated heterocycles. The summed E-state index contributed by atoms with van der Waals surface area (Å²) < 4.78 is 0. The molecule has 2 N–H and O–H groups in total. The number of hydrogen-bond donors (Lipinski definition) is 2. The number of anilines is 1. The highest BCUT2D eigenvalue weighted by Crippen LogP contribution is 2.15. The van der Waals surface area contributed by atoms with E-state index in [1.54, 1.807) is 30.3 Å². The number of aromatic nitrogens is 2. The van der Waals surface area contributed by atoms with Gasteiger partial charge in [-0.1, -0.05) is 18.2 Å². The Balaban J connectivity index is 2.31.